The van der Waals surface area contributed by atoms with E-state index in [2.05, 4.69) is 5.32 Å². The smallest absolute Gasteiger partial charge is 0.138 e. The second kappa shape index (κ2) is 5.41. The zero-order valence-corrected chi connectivity index (χ0v) is 9.96. The monoisotopic (exact) mass is 240 g/mol. The summed E-state index contributed by atoms with van der Waals surface area (Å²) < 4.78 is 5.63. The average Bonchev–Trinajstić information content (AvgIpc) is 2.74. The molecule has 2 rings (SSSR count). The maximum absolute atomic E-state index is 6.00. The van der Waals surface area contributed by atoms with Crippen LogP contribution < -0.4 is 15.8 Å². The average molecular weight is 241 g/mol. The minimum atomic E-state index is 0.583. The van der Waals surface area contributed by atoms with E-state index in [0.29, 0.717) is 29.1 Å². The number of hydrogen-bond acceptors (Lipinski definition) is 3. The molecule has 4 heteroatoms. The molecule has 1 unspecified atom stereocenters. The van der Waals surface area contributed by atoms with E-state index in [-0.39, 0.29) is 0 Å². The van der Waals surface area contributed by atoms with Crippen LogP contribution in [0.1, 0.15) is 19.3 Å². The summed E-state index contributed by atoms with van der Waals surface area (Å²) in [6, 6.07) is 5.94. The number of rotatable bonds is 4. The highest BCUT2D eigenvalue weighted by Crippen LogP contribution is 2.26. The summed E-state index contributed by atoms with van der Waals surface area (Å²) in [5.74, 6) is 0.717. The highest BCUT2D eigenvalue weighted by atomic mass is 35.5. The first-order valence-corrected chi connectivity index (χ1v) is 6.05. The van der Waals surface area contributed by atoms with Crippen molar-refractivity contribution in [2.24, 2.45) is 0 Å². The summed E-state index contributed by atoms with van der Waals surface area (Å²) >= 11 is 6.00. The van der Waals surface area contributed by atoms with Crippen LogP contribution in [0.25, 0.3) is 0 Å². The molecule has 3 N–H and O–H groups in total. The lowest BCUT2D eigenvalue weighted by molar-refractivity contribution is 0.292. The van der Waals surface area contributed by atoms with Gasteiger partial charge in [-0.3, -0.25) is 0 Å². The van der Waals surface area contributed by atoms with Crippen molar-refractivity contribution in [1.29, 1.82) is 0 Å². The molecule has 1 aliphatic heterocycles. The number of hydrogen-bond donors (Lipinski definition) is 2. The Morgan fingerprint density at radius 3 is 3.06 bits per heavy atom. The van der Waals surface area contributed by atoms with Gasteiger partial charge in [-0.1, -0.05) is 11.6 Å². The van der Waals surface area contributed by atoms with E-state index in [1.807, 2.05) is 6.07 Å². The molecular formula is C12H17ClN2O. The summed E-state index contributed by atoms with van der Waals surface area (Å²) in [5, 5.41) is 4.02. The van der Waals surface area contributed by atoms with Crippen LogP contribution in [0.4, 0.5) is 5.69 Å². The second-order valence-corrected chi connectivity index (χ2v) is 4.53. The van der Waals surface area contributed by atoms with Crippen LogP contribution in [0.15, 0.2) is 18.2 Å². The standard InChI is InChI=1S/C12H17ClN2O/c13-11-8-9(14)3-4-12(11)16-7-5-10-2-1-6-15-10/h3-4,8,10,15H,1-2,5-7,14H2. The van der Waals surface area contributed by atoms with Crippen molar-refractivity contribution in [1.82, 2.24) is 5.32 Å². The second-order valence-electron chi connectivity index (χ2n) is 4.12. The van der Waals surface area contributed by atoms with Gasteiger partial charge in [-0.2, -0.15) is 0 Å². The Hall–Kier alpha value is -0.930. The predicted octanol–water partition coefficient (Wildman–Crippen LogP) is 2.44. The third-order valence-corrected chi connectivity index (χ3v) is 3.14. The van der Waals surface area contributed by atoms with E-state index < -0.39 is 0 Å². The van der Waals surface area contributed by atoms with Crippen molar-refractivity contribution >= 4 is 17.3 Å². The lowest BCUT2D eigenvalue weighted by Crippen LogP contribution is -2.23. The lowest BCUT2D eigenvalue weighted by Gasteiger charge is -2.12. The van der Waals surface area contributed by atoms with Crippen LogP contribution in [0.5, 0.6) is 5.75 Å². The van der Waals surface area contributed by atoms with Gasteiger partial charge in [0.05, 0.1) is 11.6 Å². The van der Waals surface area contributed by atoms with E-state index in [9.17, 15) is 0 Å². The fourth-order valence-corrected chi connectivity index (χ4v) is 2.19. The van der Waals surface area contributed by atoms with Gasteiger partial charge in [0.15, 0.2) is 0 Å². The third-order valence-electron chi connectivity index (χ3n) is 2.84. The topological polar surface area (TPSA) is 47.3 Å². The van der Waals surface area contributed by atoms with Crippen LogP contribution in [0.2, 0.25) is 5.02 Å². The molecule has 0 amide bonds. The maximum atomic E-state index is 6.00. The van der Waals surface area contributed by atoms with Crippen LogP contribution in [0, 0.1) is 0 Å². The van der Waals surface area contributed by atoms with Gasteiger partial charge < -0.3 is 15.8 Å². The Morgan fingerprint density at radius 1 is 1.50 bits per heavy atom. The number of nitrogens with one attached hydrogen (secondary N) is 1. The molecule has 1 aromatic rings. The number of benzene rings is 1. The fraction of sp³-hybridized carbons (Fsp3) is 0.500. The largest absolute Gasteiger partial charge is 0.492 e. The van der Waals surface area contributed by atoms with Crippen molar-refractivity contribution in [3.05, 3.63) is 23.2 Å². The molecule has 0 bridgehead atoms. The molecule has 88 valence electrons. The summed E-state index contributed by atoms with van der Waals surface area (Å²) in [7, 11) is 0. The van der Waals surface area contributed by atoms with E-state index in [1.165, 1.54) is 12.8 Å². The van der Waals surface area contributed by atoms with Crippen LogP contribution in [-0.2, 0) is 0 Å². The van der Waals surface area contributed by atoms with E-state index in [4.69, 9.17) is 22.1 Å². The zero-order valence-electron chi connectivity index (χ0n) is 9.21. The third kappa shape index (κ3) is 3.03. The molecule has 0 spiro atoms. The van der Waals surface area contributed by atoms with Gasteiger partial charge in [0.2, 0.25) is 0 Å². The lowest BCUT2D eigenvalue weighted by atomic mass is 10.2. The van der Waals surface area contributed by atoms with Gasteiger partial charge in [0.25, 0.3) is 0 Å². The number of nitrogens with two attached hydrogens (primary N) is 1. The molecule has 0 saturated carbocycles. The molecule has 1 atom stereocenters. The summed E-state index contributed by atoms with van der Waals surface area (Å²) in [6.07, 6.45) is 3.55. The summed E-state index contributed by atoms with van der Waals surface area (Å²) in [5.41, 5.74) is 6.27. The van der Waals surface area contributed by atoms with Gasteiger partial charge in [-0.25, -0.2) is 0 Å². The van der Waals surface area contributed by atoms with E-state index in [1.54, 1.807) is 12.1 Å². The van der Waals surface area contributed by atoms with Crippen LogP contribution >= 0.6 is 11.6 Å². The normalized spacial score (nSPS) is 19.9. The predicted molar refractivity (Wildman–Crippen MR) is 67.0 cm³/mol. The van der Waals surface area contributed by atoms with Crippen molar-refractivity contribution in [2.75, 3.05) is 18.9 Å². The molecule has 0 aliphatic carbocycles. The van der Waals surface area contributed by atoms with E-state index in [0.717, 1.165) is 13.0 Å². The molecule has 1 aromatic carbocycles. The van der Waals surface area contributed by atoms with Gasteiger partial charge >= 0.3 is 0 Å². The first-order chi connectivity index (χ1) is 7.75. The Balaban J connectivity index is 1.80. The molecule has 1 saturated heterocycles. The molecule has 16 heavy (non-hydrogen) atoms. The van der Waals surface area contributed by atoms with Crippen molar-refractivity contribution < 1.29 is 4.74 Å². The maximum Gasteiger partial charge on any atom is 0.138 e. The van der Waals surface area contributed by atoms with Crippen molar-refractivity contribution in [3.63, 3.8) is 0 Å². The number of nitrogen functional groups attached to an aromatic ring is 1. The van der Waals surface area contributed by atoms with Gasteiger partial charge in [-0.05, 0) is 44.0 Å². The Morgan fingerprint density at radius 2 is 2.38 bits per heavy atom. The first-order valence-electron chi connectivity index (χ1n) is 5.67. The Kier molecular flexibility index (Phi) is 3.91. The molecule has 1 fully saturated rings. The number of ether oxygens (including phenoxy) is 1. The SMILES string of the molecule is Nc1ccc(OCCC2CCCN2)c(Cl)c1. The highest BCUT2D eigenvalue weighted by Gasteiger charge is 2.13. The molecule has 0 aromatic heterocycles. The van der Waals surface area contributed by atoms with Gasteiger partial charge in [0.1, 0.15) is 5.75 Å². The zero-order chi connectivity index (χ0) is 11.4. The van der Waals surface area contributed by atoms with Crippen molar-refractivity contribution in [2.45, 2.75) is 25.3 Å². The number of anilines is 1. The molecule has 1 aliphatic rings. The number of halogens is 1. The van der Waals surface area contributed by atoms with Crippen LogP contribution in [-0.4, -0.2) is 19.2 Å². The molecule has 0 radical (unpaired) electrons. The van der Waals surface area contributed by atoms with Gasteiger partial charge in [0, 0.05) is 11.7 Å². The highest BCUT2D eigenvalue weighted by molar-refractivity contribution is 6.32. The fourth-order valence-electron chi connectivity index (χ4n) is 1.95. The minimum Gasteiger partial charge on any atom is -0.492 e. The summed E-state index contributed by atoms with van der Waals surface area (Å²) in [6.45, 7) is 1.83. The molecule has 1 heterocycles. The van der Waals surface area contributed by atoms with Crippen molar-refractivity contribution in [3.8, 4) is 5.75 Å². The molecular weight excluding hydrogens is 224 g/mol. The minimum absolute atomic E-state index is 0.583. The summed E-state index contributed by atoms with van der Waals surface area (Å²) in [4.78, 5) is 0. The Bertz CT molecular complexity index is 351. The first kappa shape index (κ1) is 11.6. The molecule has 3 nitrogen and oxygen atoms in total. The van der Waals surface area contributed by atoms with Crippen LogP contribution in [0.3, 0.4) is 0 Å². The Labute approximate surface area is 101 Å². The van der Waals surface area contributed by atoms with E-state index >= 15 is 0 Å². The quantitative estimate of drug-likeness (QED) is 0.795. The van der Waals surface area contributed by atoms with Gasteiger partial charge in [-0.15, -0.1) is 0 Å².